The molecular weight excluding hydrogens is 548 g/mol. The van der Waals surface area contributed by atoms with E-state index >= 15 is 0 Å². The first-order chi connectivity index (χ1) is 19.3. The quantitative estimate of drug-likeness (QED) is 0.262. The number of hydrogen-bond acceptors (Lipinski definition) is 7. The Balaban J connectivity index is 2.59. The van der Waals surface area contributed by atoms with Gasteiger partial charge in [0.1, 0.15) is 17.5 Å². The van der Waals surface area contributed by atoms with Crippen LogP contribution in [0.25, 0.3) is 0 Å². The highest BCUT2D eigenvalue weighted by Crippen LogP contribution is 2.41. The number of methoxy groups -OCH3 is 1. The van der Waals surface area contributed by atoms with Crippen molar-refractivity contribution in [3.63, 3.8) is 0 Å². The maximum absolute atomic E-state index is 13.7. The van der Waals surface area contributed by atoms with E-state index in [-0.39, 0.29) is 34.7 Å². The number of carbonyl (C=O) groups is 2. The molecule has 0 spiro atoms. The van der Waals surface area contributed by atoms with Crippen LogP contribution in [0.4, 0.5) is 0 Å². The molecule has 1 aliphatic heterocycles. The van der Waals surface area contributed by atoms with Crippen molar-refractivity contribution in [2.45, 2.75) is 124 Å². The van der Waals surface area contributed by atoms with Crippen LogP contribution in [-0.2, 0) is 30.1 Å². The number of aliphatic hydroxyl groups is 1. The van der Waals surface area contributed by atoms with E-state index in [9.17, 15) is 14.7 Å². The molecule has 42 heavy (non-hydrogen) atoms. The molecule has 1 aromatic carbocycles. The number of cyclic esters (lactones) is 1. The van der Waals surface area contributed by atoms with E-state index in [0.29, 0.717) is 19.4 Å². The van der Waals surface area contributed by atoms with E-state index in [1.54, 1.807) is 14.0 Å². The second kappa shape index (κ2) is 14.6. The molecule has 0 aromatic heterocycles. The van der Waals surface area contributed by atoms with Crippen LogP contribution < -0.4 is 4.74 Å². The highest BCUT2D eigenvalue weighted by molar-refractivity contribution is 6.74. The van der Waals surface area contributed by atoms with Crippen LogP contribution in [0, 0.1) is 23.7 Å². The van der Waals surface area contributed by atoms with Crippen LogP contribution in [0.5, 0.6) is 5.75 Å². The molecule has 0 aliphatic carbocycles. The maximum Gasteiger partial charge on any atom is 0.311 e. The highest BCUT2D eigenvalue weighted by atomic mass is 28.4. The second-order valence-corrected chi connectivity index (χ2v) is 18.8. The molecule has 0 saturated carbocycles. The normalized spacial score (nSPS) is 33.0. The summed E-state index contributed by atoms with van der Waals surface area (Å²) in [4.78, 5) is 26.9. The molecule has 1 aromatic rings. The van der Waals surface area contributed by atoms with E-state index in [2.05, 4.69) is 47.7 Å². The molecule has 2 rings (SSSR count). The number of benzene rings is 1. The first-order valence-corrected chi connectivity index (χ1v) is 18.3. The highest BCUT2D eigenvalue weighted by Gasteiger charge is 2.46. The minimum Gasteiger partial charge on any atom is -0.497 e. The van der Waals surface area contributed by atoms with Crippen molar-refractivity contribution in [3.8, 4) is 5.75 Å². The average Bonchev–Trinajstić information content (AvgIpc) is 2.91. The van der Waals surface area contributed by atoms with Gasteiger partial charge in [0.15, 0.2) is 14.1 Å². The number of ether oxygens (including phenoxy) is 3. The van der Waals surface area contributed by atoms with Gasteiger partial charge in [-0.2, -0.15) is 0 Å². The molecule has 0 radical (unpaired) electrons. The number of carbonyl (C=O) groups excluding carboxylic acids is 2. The number of esters is 1. The Morgan fingerprint density at radius 2 is 1.64 bits per heavy atom. The number of allylic oxidation sites excluding steroid dienone is 1. The Morgan fingerprint density at radius 3 is 2.17 bits per heavy atom. The Bertz CT molecular complexity index is 1060. The molecule has 8 atom stereocenters. The summed E-state index contributed by atoms with van der Waals surface area (Å²) in [5, 5.41) is 11.1. The second-order valence-electron chi connectivity index (χ2n) is 14.0. The molecule has 0 fully saturated rings. The lowest BCUT2D eigenvalue weighted by atomic mass is 9.80. The molecule has 1 N–H and O–H groups in total. The predicted molar refractivity (Wildman–Crippen MR) is 170 cm³/mol. The Hall–Kier alpha value is -2.00. The summed E-state index contributed by atoms with van der Waals surface area (Å²) in [6, 6.07) is 7.78. The predicted octanol–water partition coefficient (Wildman–Crippen LogP) is 7.12. The topological polar surface area (TPSA) is 91.3 Å². The molecule has 0 amide bonds. The summed E-state index contributed by atoms with van der Waals surface area (Å²) in [6.45, 7) is 22.7. The fraction of sp³-hybridized carbons (Fsp3) is 0.706. The van der Waals surface area contributed by atoms with Gasteiger partial charge in [0.05, 0.1) is 31.8 Å². The lowest BCUT2D eigenvalue weighted by molar-refractivity contribution is -0.170. The van der Waals surface area contributed by atoms with E-state index < -0.39 is 38.0 Å². The van der Waals surface area contributed by atoms with Crippen LogP contribution in [0.1, 0.15) is 80.7 Å². The van der Waals surface area contributed by atoms with Gasteiger partial charge in [0, 0.05) is 11.8 Å². The Kier molecular flexibility index (Phi) is 12.6. The van der Waals surface area contributed by atoms with Crippen LogP contribution in [0.3, 0.4) is 0 Å². The summed E-state index contributed by atoms with van der Waals surface area (Å²) in [5.74, 6) is -0.840. The molecule has 1 aliphatic rings. The third kappa shape index (κ3) is 9.25. The van der Waals surface area contributed by atoms with Crippen molar-refractivity contribution >= 4 is 20.1 Å². The van der Waals surface area contributed by atoms with Crippen molar-refractivity contribution in [1.82, 2.24) is 0 Å². The van der Waals surface area contributed by atoms with Gasteiger partial charge in [-0.25, -0.2) is 0 Å². The fourth-order valence-electron chi connectivity index (χ4n) is 5.45. The van der Waals surface area contributed by atoms with E-state index in [0.717, 1.165) is 11.3 Å². The number of hydrogen-bond donors (Lipinski definition) is 1. The Labute approximate surface area is 255 Å². The van der Waals surface area contributed by atoms with Gasteiger partial charge >= 0.3 is 5.97 Å². The largest absolute Gasteiger partial charge is 0.497 e. The molecule has 2 unspecified atom stereocenters. The van der Waals surface area contributed by atoms with Crippen LogP contribution in [0.15, 0.2) is 36.4 Å². The zero-order valence-corrected chi connectivity index (χ0v) is 29.0. The lowest BCUT2D eigenvalue weighted by Gasteiger charge is -2.45. The van der Waals surface area contributed by atoms with Gasteiger partial charge in [-0.05, 0) is 80.6 Å². The average molecular weight is 605 g/mol. The van der Waals surface area contributed by atoms with Crippen molar-refractivity contribution in [2.24, 2.45) is 23.7 Å². The molecule has 1 heterocycles. The van der Waals surface area contributed by atoms with Crippen LogP contribution in [-0.4, -0.2) is 56.2 Å². The monoisotopic (exact) mass is 604 g/mol. The molecular formula is C34H56O7Si. The van der Waals surface area contributed by atoms with Gasteiger partial charge in [-0.3, -0.25) is 9.59 Å². The van der Waals surface area contributed by atoms with Crippen molar-refractivity contribution in [2.75, 3.05) is 7.11 Å². The van der Waals surface area contributed by atoms with Crippen LogP contribution in [0.2, 0.25) is 18.1 Å². The summed E-state index contributed by atoms with van der Waals surface area (Å²) in [5.41, 5.74) is -0.482. The van der Waals surface area contributed by atoms with Gasteiger partial charge in [-0.15, -0.1) is 0 Å². The van der Waals surface area contributed by atoms with Gasteiger partial charge < -0.3 is 23.7 Å². The zero-order valence-electron chi connectivity index (χ0n) is 28.0. The minimum atomic E-state index is -2.33. The van der Waals surface area contributed by atoms with Crippen LogP contribution >= 0.6 is 0 Å². The lowest BCUT2D eigenvalue weighted by Crippen LogP contribution is -2.52. The first kappa shape index (κ1) is 36.2. The zero-order chi connectivity index (χ0) is 32.0. The fourth-order valence-corrected chi connectivity index (χ4v) is 6.90. The van der Waals surface area contributed by atoms with Crippen molar-refractivity contribution < 1.29 is 33.3 Å². The third-order valence-corrected chi connectivity index (χ3v) is 13.9. The van der Waals surface area contributed by atoms with E-state index in [1.807, 2.05) is 45.0 Å². The summed E-state index contributed by atoms with van der Waals surface area (Å²) >= 11 is 0. The first-order valence-electron chi connectivity index (χ1n) is 15.4. The van der Waals surface area contributed by atoms with Gasteiger partial charge in [0.2, 0.25) is 0 Å². The van der Waals surface area contributed by atoms with E-state index in [1.165, 1.54) is 12.2 Å². The van der Waals surface area contributed by atoms with Gasteiger partial charge in [-0.1, -0.05) is 60.6 Å². The molecule has 238 valence electrons. The maximum atomic E-state index is 13.7. The van der Waals surface area contributed by atoms with E-state index in [4.69, 9.17) is 18.6 Å². The molecule has 0 saturated heterocycles. The molecule has 7 nitrogen and oxygen atoms in total. The summed E-state index contributed by atoms with van der Waals surface area (Å²) in [7, 11) is -0.694. The molecule has 8 heteroatoms. The SMILES string of the molecule is CCC1OC(=O)[C@H](C)C(O[Si](C)(C)C(C)(C)C)[C@H](C)[C@@H](OCc2ccc(OC)cc2)[C@@H](C)C[C@@H](C)C(=O)/C=C/[C@]1(C)O. The number of ketones is 1. The minimum absolute atomic E-state index is 0.0221. The third-order valence-electron chi connectivity index (χ3n) is 9.38. The van der Waals surface area contributed by atoms with Gasteiger partial charge in [0.25, 0.3) is 0 Å². The molecule has 0 bridgehead atoms. The standard InChI is InChI=1S/C34H56O7Si/c1-13-29-34(9,37)19-18-28(35)22(2)20-23(3)30(39-21-26-14-16-27(38-10)17-15-26)24(4)31(25(5)32(36)40-29)41-42(11,12)33(6,7)8/h14-19,22-25,29-31,37H,13,20-21H2,1-12H3/b19-18+/t22-,23+,24-,25-,29?,30+,31?,34+/m1/s1. The van der Waals surface area contributed by atoms with Crippen molar-refractivity contribution in [3.05, 3.63) is 42.0 Å². The Morgan fingerprint density at radius 1 is 1.05 bits per heavy atom. The number of rotatable bonds is 7. The summed E-state index contributed by atoms with van der Waals surface area (Å²) < 4.78 is 25.0. The summed E-state index contributed by atoms with van der Waals surface area (Å²) in [6.07, 6.45) is 2.29. The smallest absolute Gasteiger partial charge is 0.311 e. The van der Waals surface area contributed by atoms with Crippen molar-refractivity contribution in [1.29, 1.82) is 0 Å².